The van der Waals surface area contributed by atoms with Gasteiger partial charge in [0.25, 0.3) is 0 Å². The highest BCUT2D eigenvalue weighted by atomic mass is 16.3. The Morgan fingerprint density at radius 2 is 2.31 bits per heavy atom. The Labute approximate surface area is 95.8 Å². The van der Waals surface area contributed by atoms with E-state index in [4.69, 9.17) is 5.11 Å². The standard InChI is InChI=1S/C11H20N2O3/c1-8(2)13(6-3-7-14)11(16)9-4-5-10(15)12-9/h8-9,14H,3-7H2,1-2H3,(H,12,15)/t9-/m1/s1. The van der Waals surface area contributed by atoms with Crippen molar-refractivity contribution in [2.75, 3.05) is 13.2 Å². The smallest absolute Gasteiger partial charge is 0.245 e. The molecule has 0 bridgehead atoms. The molecule has 1 heterocycles. The maximum atomic E-state index is 12.1. The fourth-order valence-corrected chi connectivity index (χ4v) is 1.86. The van der Waals surface area contributed by atoms with Gasteiger partial charge in [0.15, 0.2) is 0 Å². The molecule has 1 aliphatic heterocycles. The van der Waals surface area contributed by atoms with Crippen LogP contribution in [0.15, 0.2) is 0 Å². The van der Waals surface area contributed by atoms with Gasteiger partial charge in [-0.1, -0.05) is 0 Å². The number of amides is 2. The molecule has 2 N–H and O–H groups in total. The van der Waals surface area contributed by atoms with Crippen LogP contribution in [0.2, 0.25) is 0 Å². The van der Waals surface area contributed by atoms with E-state index in [1.807, 2.05) is 13.8 Å². The third-order valence-electron chi connectivity index (χ3n) is 2.76. The quantitative estimate of drug-likeness (QED) is 0.689. The summed E-state index contributed by atoms with van der Waals surface area (Å²) in [6.07, 6.45) is 1.59. The normalized spacial score (nSPS) is 20.0. The lowest BCUT2D eigenvalue weighted by molar-refractivity contribution is -0.136. The van der Waals surface area contributed by atoms with Crippen LogP contribution in [0.5, 0.6) is 0 Å². The van der Waals surface area contributed by atoms with Gasteiger partial charge in [0.1, 0.15) is 6.04 Å². The number of hydrogen-bond donors (Lipinski definition) is 2. The fraction of sp³-hybridized carbons (Fsp3) is 0.818. The Morgan fingerprint density at radius 3 is 2.75 bits per heavy atom. The lowest BCUT2D eigenvalue weighted by Gasteiger charge is -2.29. The Kier molecular flexibility index (Phi) is 4.73. The van der Waals surface area contributed by atoms with Crippen molar-refractivity contribution in [1.82, 2.24) is 10.2 Å². The van der Waals surface area contributed by atoms with Gasteiger partial charge in [0.05, 0.1) is 0 Å². The van der Waals surface area contributed by atoms with Gasteiger partial charge in [-0.2, -0.15) is 0 Å². The van der Waals surface area contributed by atoms with E-state index in [1.165, 1.54) is 0 Å². The zero-order valence-corrected chi connectivity index (χ0v) is 9.90. The topological polar surface area (TPSA) is 69.6 Å². The maximum Gasteiger partial charge on any atom is 0.245 e. The van der Waals surface area contributed by atoms with E-state index in [0.717, 1.165) is 0 Å². The molecule has 0 radical (unpaired) electrons. The second-order valence-electron chi connectivity index (χ2n) is 4.36. The van der Waals surface area contributed by atoms with Gasteiger partial charge in [-0.25, -0.2) is 0 Å². The third kappa shape index (κ3) is 3.20. The van der Waals surface area contributed by atoms with Crippen LogP contribution in [0.3, 0.4) is 0 Å². The zero-order chi connectivity index (χ0) is 12.1. The molecule has 0 spiro atoms. The predicted molar refractivity (Wildman–Crippen MR) is 59.7 cm³/mol. The summed E-state index contributed by atoms with van der Waals surface area (Å²) in [5, 5.41) is 11.5. The van der Waals surface area contributed by atoms with Crippen molar-refractivity contribution in [2.24, 2.45) is 0 Å². The lowest BCUT2D eigenvalue weighted by Crippen LogP contribution is -2.47. The number of carbonyl (C=O) groups is 2. The summed E-state index contributed by atoms with van der Waals surface area (Å²) in [5.41, 5.74) is 0. The molecule has 0 unspecified atom stereocenters. The summed E-state index contributed by atoms with van der Waals surface area (Å²) < 4.78 is 0. The summed E-state index contributed by atoms with van der Waals surface area (Å²) in [6, 6.07) is -0.273. The SMILES string of the molecule is CC(C)N(CCCO)C(=O)[C@H]1CCC(=O)N1. The summed E-state index contributed by atoms with van der Waals surface area (Å²) in [6.45, 7) is 4.49. The number of nitrogens with one attached hydrogen (secondary N) is 1. The molecule has 0 aliphatic carbocycles. The Bertz CT molecular complexity index is 266. The number of rotatable bonds is 5. The molecular formula is C11H20N2O3. The van der Waals surface area contributed by atoms with Crippen LogP contribution in [-0.4, -0.2) is 47.1 Å². The molecule has 16 heavy (non-hydrogen) atoms. The average Bonchev–Trinajstić information content (AvgIpc) is 2.64. The van der Waals surface area contributed by atoms with Gasteiger partial charge in [0.2, 0.25) is 11.8 Å². The van der Waals surface area contributed by atoms with E-state index in [-0.39, 0.29) is 30.5 Å². The predicted octanol–water partition coefficient (Wildman–Crippen LogP) is -0.116. The van der Waals surface area contributed by atoms with Gasteiger partial charge in [0, 0.05) is 25.6 Å². The van der Waals surface area contributed by atoms with Crippen LogP contribution < -0.4 is 5.32 Å². The van der Waals surface area contributed by atoms with Crippen molar-refractivity contribution in [3.63, 3.8) is 0 Å². The molecule has 0 aromatic carbocycles. The van der Waals surface area contributed by atoms with E-state index in [1.54, 1.807) is 4.90 Å². The number of hydrogen-bond acceptors (Lipinski definition) is 3. The molecule has 0 aromatic rings. The molecule has 1 aliphatic rings. The molecular weight excluding hydrogens is 208 g/mol. The molecule has 1 rings (SSSR count). The first-order valence-electron chi connectivity index (χ1n) is 5.77. The van der Waals surface area contributed by atoms with Gasteiger partial charge >= 0.3 is 0 Å². The number of aliphatic hydroxyl groups is 1. The first kappa shape index (κ1) is 13.0. The summed E-state index contributed by atoms with van der Waals surface area (Å²) >= 11 is 0. The van der Waals surface area contributed by atoms with E-state index in [2.05, 4.69) is 5.32 Å². The van der Waals surface area contributed by atoms with Crippen LogP contribution in [-0.2, 0) is 9.59 Å². The van der Waals surface area contributed by atoms with Crippen LogP contribution >= 0.6 is 0 Å². The van der Waals surface area contributed by atoms with Crippen molar-refractivity contribution in [1.29, 1.82) is 0 Å². The van der Waals surface area contributed by atoms with Gasteiger partial charge < -0.3 is 15.3 Å². The lowest BCUT2D eigenvalue weighted by atomic mass is 10.1. The third-order valence-corrected chi connectivity index (χ3v) is 2.76. The molecule has 5 nitrogen and oxygen atoms in total. The molecule has 1 saturated heterocycles. The van der Waals surface area contributed by atoms with Crippen LogP contribution in [0.1, 0.15) is 33.1 Å². The van der Waals surface area contributed by atoms with Gasteiger partial charge in [-0.05, 0) is 26.7 Å². The number of nitrogens with zero attached hydrogens (tertiary/aromatic N) is 1. The molecule has 0 aromatic heterocycles. The first-order chi connectivity index (χ1) is 7.56. The second-order valence-corrected chi connectivity index (χ2v) is 4.36. The van der Waals surface area contributed by atoms with E-state index < -0.39 is 0 Å². The van der Waals surface area contributed by atoms with Crippen molar-refractivity contribution in [3.8, 4) is 0 Å². The van der Waals surface area contributed by atoms with Gasteiger partial charge in [-0.15, -0.1) is 0 Å². The highest BCUT2D eigenvalue weighted by Crippen LogP contribution is 2.12. The van der Waals surface area contributed by atoms with Crippen LogP contribution in [0, 0.1) is 0 Å². The Morgan fingerprint density at radius 1 is 1.62 bits per heavy atom. The summed E-state index contributed by atoms with van der Waals surface area (Å²) in [4.78, 5) is 24.8. The highest BCUT2D eigenvalue weighted by molar-refractivity contribution is 5.90. The Balaban J connectivity index is 2.56. The summed E-state index contributed by atoms with van der Waals surface area (Å²) in [5.74, 6) is -0.0847. The van der Waals surface area contributed by atoms with Crippen molar-refractivity contribution in [3.05, 3.63) is 0 Å². The minimum Gasteiger partial charge on any atom is -0.396 e. The number of aliphatic hydroxyl groups excluding tert-OH is 1. The maximum absolute atomic E-state index is 12.1. The van der Waals surface area contributed by atoms with E-state index in [0.29, 0.717) is 25.8 Å². The minimum atomic E-state index is -0.367. The van der Waals surface area contributed by atoms with Crippen molar-refractivity contribution >= 4 is 11.8 Å². The van der Waals surface area contributed by atoms with Gasteiger partial charge in [-0.3, -0.25) is 9.59 Å². The molecule has 0 saturated carbocycles. The Hall–Kier alpha value is -1.10. The molecule has 5 heteroatoms. The molecule has 1 fully saturated rings. The average molecular weight is 228 g/mol. The summed E-state index contributed by atoms with van der Waals surface area (Å²) in [7, 11) is 0. The zero-order valence-electron chi connectivity index (χ0n) is 9.90. The molecule has 1 atom stereocenters. The van der Waals surface area contributed by atoms with E-state index >= 15 is 0 Å². The monoisotopic (exact) mass is 228 g/mol. The largest absolute Gasteiger partial charge is 0.396 e. The van der Waals surface area contributed by atoms with Crippen LogP contribution in [0.4, 0.5) is 0 Å². The first-order valence-corrected chi connectivity index (χ1v) is 5.77. The van der Waals surface area contributed by atoms with Crippen molar-refractivity contribution in [2.45, 2.75) is 45.2 Å². The number of carbonyl (C=O) groups excluding carboxylic acids is 2. The minimum absolute atomic E-state index is 0.0331. The second kappa shape index (κ2) is 5.84. The van der Waals surface area contributed by atoms with Crippen LogP contribution in [0.25, 0.3) is 0 Å². The van der Waals surface area contributed by atoms with E-state index in [9.17, 15) is 9.59 Å². The fourth-order valence-electron chi connectivity index (χ4n) is 1.86. The highest BCUT2D eigenvalue weighted by Gasteiger charge is 2.31. The van der Waals surface area contributed by atoms with Crippen molar-refractivity contribution < 1.29 is 14.7 Å². The molecule has 2 amide bonds. The molecule has 92 valence electrons.